The van der Waals surface area contributed by atoms with Crippen molar-refractivity contribution in [1.82, 2.24) is 4.72 Å². The van der Waals surface area contributed by atoms with Crippen LogP contribution in [-0.4, -0.2) is 37.2 Å². The topological polar surface area (TPSA) is 104 Å². The van der Waals surface area contributed by atoms with Crippen LogP contribution in [0.1, 0.15) is 29.3 Å². The van der Waals surface area contributed by atoms with E-state index in [-0.39, 0.29) is 17.1 Å². The summed E-state index contributed by atoms with van der Waals surface area (Å²) in [5.74, 6) is -1.20. The third-order valence-electron chi connectivity index (χ3n) is 2.79. The second-order valence-electron chi connectivity index (χ2n) is 4.32. The minimum absolute atomic E-state index is 0.108. The Kier molecular flexibility index (Phi) is 5.69. The predicted octanol–water partition coefficient (Wildman–Crippen LogP) is 1.50. The maximum atomic E-state index is 12.3. The van der Waals surface area contributed by atoms with Crippen molar-refractivity contribution in [1.29, 1.82) is 0 Å². The SMILES string of the molecule is CCC(CO)NS(=O)(=O)c1cc(C(=O)O)cc(C)c1Br. The van der Waals surface area contributed by atoms with Crippen molar-refractivity contribution in [2.45, 2.75) is 31.2 Å². The number of benzene rings is 1. The number of aliphatic hydroxyl groups excluding tert-OH is 1. The molecule has 20 heavy (non-hydrogen) atoms. The molecule has 112 valence electrons. The molecule has 1 rings (SSSR count). The Morgan fingerprint density at radius 1 is 1.45 bits per heavy atom. The van der Waals surface area contributed by atoms with Crippen LogP contribution in [0.4, 0.5) is 0 Å². The average Bonchev–Trinajstić information content (AvgIpc) is 2.38. The number of carboxylic acid groups (broad SMARTS) is 1. The monoisotopic (exact) mass is 365 g/mol. The summed E-state index contributed by atoms with van der Waals surface area (Å²) < 4.78 is 27.2. The van der Waals surface area contributed by atoms with Crippen LogP contribution in [0.15, 0.2) is 21.5 Å². The first-order valence-electron chi connectivity index (χ1n) is 5.89. The van der Waals surface area contributed by atoms with Gasteiger partial charge >= 0.3 is 5.97 Å². The van der Waals surface area contributed by atoms with E-state index in [0.717, 1.165) is 6.07 Å². The first kappa shape index (κ1) is 17.1. The van der Waals surface area contributed by atoms with Crippen LogP contribution in [0.5, 0.6) is 0 Å². The van der Waals surface area contributed by atoms with Crippen LogP contribution in [0.25, 0.3) is 0 Å². The number of hydrogen-bond donors (Lipinski definition) is 3. The first-order chi connectivity index (χ1) is 9.22. The van der Waals surface area contributed by atoms with Crippen LogP contribution in [0.3, 0.4) is 0 Å². The normalized spacial score (nSPS) is 13.2. The lowest BCUT2D eigenvalue weighted by Gasteiger charge is -2.16. The lowest BCUT2D eigenvalue weighted by molar-refractivity contribution is 0.0696. The van der Waals surface area contributed by atoms with Crippen LogP contribution in [-0.2, 0) is 10.0 Å². The number of nitrogens with one attached hydrogen (secondary N) is 1. The van der Waals surface area contributed by atoms with Gasteiger partial charge in [0, 0.05) is 10.5 Å². The summed E-state index contributed by atoms with van der Waals surface area (Å²) in [7, 11) is -3.91. The summed E-state index contributed by atoms with van der Waals surface area (Å²) in [6, 6.07) is 1.86. The van der Waals surface area contributed by atoms with Crippen molar-refractivity contribution < 1.29 is 23.4 Å². The number of carbonyl (C=O) groups is 1. The molecule has 1 aromatic rings. The smallest absolute Gasteiger partial charge is 0.335 e. The first-order valence-corrected chi connectivity index (χ1v) is 8.17. The molecule has 0 bridgehead atoms. The molecule has 0 saturated heterocycles. The number of aryl methyl sites for hydroxylation is 1. The van der Waals surface area contributed by atoms with E-state index in [4.69, 9.17) is 10.2 Å². The molecule has 0 aromatic heterocycles. The maximum Gasteiger partial charge on any atom is 0.335 e. The molecule has 0 fully saturated rings. The highest BCUT2D eigenvalue weighted by Crippen LogP contribution is 2.27. The van der Waals surface area contributed by atoms with E-state index in [1.165, 1.54) is 6.07 Å². The summed E-state index contributed by atoms with van der Waals surface area (Å²) in [4.78, 5) is 10.9. The van der Waals surface area contributed by atoms with Crippen molar-refractivity contribution in [2.24, 2.45) is 0 Å². The standard InChI is InChI=1S/C12H16BrNO5S/c1-3-9(6-15)14-20(18,19)10-5-8(12(16)17)4-7(2)11(10)13/h4-5,9,14-15H,3,6H2,1-2H3,(H,16,17). The molecule has 0 saturated carbocycles. The van der Waals surface area contributed by atoms with Crippen molar-refractivity contribution in [3.05, 3.63) is 27.7 Å². The Labute approximate surface area is 126 Å². The molecule has 6 nitrogen and oxygen atoms in total. The zero-order chi connectivity index (χ0) is 15.5. The summed E-state index contributed by atoms with van der Waals surface area (Å²) in [6.45, 7) is 3.02. The van der Waals surface area contributed by atoms with E-state index in [0.29, 0.717) is 16.5 Å². The number of halogens is 1. The van der Waals surface area contributed by atoms with Crippen molar-refractivity contribution in [3.8, 4) is 0 Å². The average molecular weight is 366 g/mol. The van der Waals surface area contributed by atoms with Gasteiger partial charge in [0.15, 0.2) is 0 Å². The van der Waals surface area contributed by atoms with Gasteiger partial charge in [-0.15, -0.1) is 0 Å². The molecule has 0 amide bonds. The highest BCUT2D eigenvalue weighted by atomic mass is 79.9. The van der Waals surface area contributed by atoms with Gasteiger partial charge in [0.2, 0.25) is 10.0 Å². The zero-order valence-electron chi connectivity index (χ0n) is 11.1. The van der Waals surface area contributed by atoms with Gasteiger partial charge in [0.05, 0.1) is 17.1 Å². The van der Waals surface area contributed by atoms with Gasteiger partial charge in [0.1, 0.15) is 0 Å². The lowest BCUT2D eigenvalue weighted by Crippen LogP contribution is -2.37. The number of carboxylic acids is 1. The van der Waals surface area contributed by atoms with Crippen LogP contribution < -0.4 is 4.72 Å². The number of rotatable bonds is 6. The molecule has 0 spiro atoms. The highest BCUT2D eigenvalue weighted by molar-refractivity contribution is 9.10. The minimum Gasteiger partial charge on any atom is -0.478 e. The molecule has 1 unspecified atom stereocenters. The second-order valence-corrected chi connectivity index (χ2v) is 6.79. The van der Waals surface area contributed by atoms with Gasteiger partial charge in [-0.25, -0.2) is 17.9 Å². The maximum absolute atomic E-state index is 12.3. The number of hydrogen-bond acceptors (Lipinski definition) is 4. The van der Waals surface area contributed by atoms with E-state index in [9.17, 15) is 13.2 Å². The molecule has 1 aromatic carbocycles. The number of aromatic carboxylic acids is 1. The third kappa shape index (κ3) is 3.78. The fraction of sp³-hybridized carbons (Fsp3) is 0.417. The Bertz CT molecular complexity index is 611. The van der Waals surface area contributed by atoms with Gasteiger partial charge in [0.25, 0.3) is 0 Å². The molecular weight excluding hydrogens is 350 g/mol. The molecule has 0 heterocycles. The quantitative estimate of drug-likeness (QED) is 0.708. The van der Waals surface area contributed by atoms with Crippen LogP contribution in [0, 0.1) is 6.92 Å². The molecule has 8 heteroatoms. The fourth-order valence-electron chi connectivity index (χ4n) is 1.59. The number of sulfonamides is 1. The summed E-state index contributed by atoms with van der Waals surface area (Å²) in [5, 5.41) is 18.1. The van der Waals surface area contributed by atoms with E-state index >= 15 is 0 Å². The summed E-state index contributed by atoms with van der Waals surface area (Å²) >= 11 is 3.16. The number of aliphatic hydroxyl groups is 1. The molecule has 0 radical (unpaired) electrons. The Morgan fingerprint density at radius 3 is 2.50 bits per heavy atom. The molecular formula is C12H16BrNO5S. The van der Waals surface area contributed by atoms with Gasteiger partial charge in [-0.3, -0.25) is 0 Å². The summed E-state index contributed by atoms with van der Waals surface area (Å²) in [6.07, 6.45) is 0.422. The second kappa shape index (κ2) is 6.66. The summed E-state index contributed by atoms with van der Waals surface area (Å²) in [5.41, 5.74) is 0.394. The van der Waals surface area contributed by atoms with Crippen molar-refractivity contribution >= 4 is 31.9 Å². The fourth-order valence-corrected chi connectivity index (χ4v) is 3.94. The highest BCUT2D eigenvalue weighted by Gasteiger charge is 2.24. The molecule has 0 aliphatic heterocycles. The lowest BCUT2D eigenvalue weighted by atomic mass is 10.1. The predicted molar refractivity (Wildman–Crippen MR) is 77.3 cm³/mol. The Balaban J connectivity index is 3.34. The molecule has 0 aliphatic rings. The van der Waals surface area contributed by atoms with Gasteiger partial charge < -0.3 is 10.2 Å². The third-order valence-corrected chi connectivity index (χ3v) is 5.65. The van der Waals surface area contributed by atoms with Crippen LogP contribution >= 0.6 is 15.9 Å². The minimum atomic E-state index is -3.91. The van der Waals surface area contributed by atoms with E-state index in [1.807, 2.05) is 0 Å². The van der Waals surface area contributed by atoms with Crippen molar-refractivity contribution in [3.63, 3.8) is 0 Å². The molecule has 1 atom stereocenters. The largest absolute Gasteiger partial charge is 0.478 e. The van der Waals surface area contributed by atoms with Gasteiger partial charge in [-0.2, -0.15) is 0 Å². The van der Waals surface area contributed by atoms with Gasteiger partial charge in [-0.1, -0.05) is 6.92 Å². The van der Waals surface area contributed by atoms with Crippen LogP contribution in [0.2, 0.25) is 0 Å². The van der Waals surface area contributed by atoms with E-state index in [2.05, 4.69) is 20.7 Å². The van der Waals surface area contributed by atoms with E-state index < -0.39 is 22.0 Å². The molecule has 3 N–H and O–H groups in total. The van der Waals surface area contributed by atoms with Crippen molar-refractivity contribution in [2.75, 3.05) is 6.61 Å². The van der Waals surface area contributed by atoms with E-state index in [1.54, 1.807) is 13.8 Å². The zero-order valence-corrected chi connectivity index (χ0v) is 13.5. The Morgan fingerprint density at radius 2 is 2.05 bits per heavy atom. The molecule has 0 aliphatic carbocycles. The van der Waals surface area contributed by atoms with Gasteiger partial charge in [-0.05, 0) is 47.0 Å². The Hall–Kier alpha value is -0.960.